The zero-order valence-corrected chi connectivity index (χ0v) is 11.2. The van der Waals surface area contributed by atoms with E-state index in [4.69, 9.17) is 9.57 Å². The maximum Gasteiger partial charge on any atom is 0.0996 e. The van der Waals surface area contributed by atoms with Crippen LogP contribution in [0.5, 0.6) is 0 Å². The standard InChI is InChI=1S/C12H25N3O2/c1-12(2,3)17-15-8-11(9-15)16-10-14-6-4-13-5-7-14/h11,13H,4-10H2,1-3H3. The van der Waals surface area contributed by atoms with Crippen LogP contribution >= 0.6 is 0 Å². The van der Waals surface area contributed by atoms with Crippen LogP contribution in [-0.2, 0) is 9.57 Å². The highest BCUT2D eigenvalue weighted by Gasteiger charge is 2.31. The van der Waals surface area contributed by atoms with Gasteiger partial charge < -0.3 is 10.1 Å². The Balaban J connectivity index is 1.55. The van der Waals surface area contributed by atoms with Gasteiger partial charge in [0.05, 0.1) is 31.5 Å². The molecule has 0 saturated carbocycles. The van der Waals surface area contributed by atoms with Crippen molar-refractivity contribution in [2.75, 3.05) is 46.0 Å². The van der Waals surface area contributed by atoms with Crippen LogP contribution in [0.15, 0.2) is 0 Å². The van der Waals surface area contributed by atoms with E-state index in [1.54, 1.807) is 0 Å². The fourth-order valence-corrected chi connectivity index (χ4v) is 2.02. The molecule has 0 unspecified atom stereocenters. The minimum atomic E-state index is -0.0937. The average molecular weight is 243 g/mol. The number of hydrogen-bond acceptors (Lipinski definition) is 5. The van der Waals surface area contributed by atoms with E-state index in [0.29, 0.717) is 6.10 Å². The summed E-state index contributed by atoms with van der Waals surface area (Å²) in [7, 11) is 0. The molecule has 2 heterocycles. The summed E-state index contributed by atoms with van der Waals surface area (Å²) < 4.78 is 5.84. The molecule has 2 aliphatic rings. The predicted molar refractivity (Wildman–Crippen MR) is 66.6 cm³/mol. The maximum atomic E-state index is 5.84. The van der Waals surface area contributed by atoms with Crippen molar-refractivity contribution in [3.8, 4) is 0 Å². The van der Waals surface area contributed by atoms with Crippen LogP contribution in [0.3, 0.4) is 0 Å². The molecule has 0 atom stereocenters. The monoisotopic (exact) mass is 243 g/mol. The molecule has 2 saturated heterocycles. The van der Waals surface area contributed by atoms with Gasteiger partial charge in [-0.15, -0.1) is 0 Å². The molecule has 5 nitrogen and oxygen atoms in total. The Kier molecular flexibility index (Phi) is 4.38. The van der Waals surface area contributed by atoms with E-state index in [9.17, 15) is 0 Å². The third-order valence-corrected chi connectivity index (χ3v) is 2.92. The second-order valence-corrected chi connectivity index (χ2v) is 5.84. The fraction of sp³-hybridized carbons (Fsp3) is 1.00. The van der Waals surface area contributed by atoms with Crippen molar-refractivity contribution in [1.29, 1.82) is 0 Å². The molecular weight excluding hydrogens is 218 g/mol. The smallest absolute Gasteiger partial charge is 0.0996 e. The van der Waals surface area contributed by atoms with Crippen molar-refractivity contribution in [3.05, 3.63) is 0 Å². The Morgan fingerprint density at radius 3 is 2.41 bits per heavy atom. The largest absolute Gasteiger partial charge is 0.360 e. The molecule has 0 spiro atoms. The van der Waals surface area contributed by atoms with Gasteiger partial charge >= 0.3 is 0 Å². The van der Waals surface area contributed by atoms with Crippen molar-refractivity contribution < 1.29 is 9.57 Å². The van der Waals surface area contributed by atoms with E-state index in [-0.39, 0.29) is 5.60 Å². The highest BCUT2D eigenvalue weighted by atomic mass is 16.7. The molecule has 0 radical (unpaired) electrons. The molecule has 17 heavy (non-hydrogen) atoms. The summed E-state index contributed by atoms with van der Waals surface area (Å²) in [6.45, 7) is 13.1. The quantitative estimate of drug-likeness (QED) is 0.767. The zero-order chi connectivity index (χ0) is 12.3. The highest BCUT2D eigenvalue weighted by molar-refractivity contribution is 4.77. The van der Waals surface area contributed by atoms with E-state index in [0.717, 1.165) is 46.0 Å². The van der Waals surface area contributed by atoms with Crippen molar-refractivity contribution in [2.24, 2.45) is 0 Å². The average Bonchev–Trinajstić information content (AvgIpc) is 2.21. The van der Waals surface area contributed by atoms with Crippen molar-refractivity contribution >= 4 is 0 Å². The number of ether oxygens (including phenoxy) is 1. The molecule has 2 aliphatic heterocycles. The molecule has 5 heteroatoms. The second-order valence-electron chi connectivity index (χ2n) is 5.84. The van der Waals surface area contributed by atoms with Gasteiger partial charge in [-0.25, -0.2) is 0 Å². The third kappa shape index (κ3) is 4.52. The SMILES string of the molecule is CC(C)(C)ON1CC(OCN2CCNCC2)C1. The van der Waals surface area contributed by atoms with Gasteiger partial charge in [0.15, 0.2) is 0 Å². The highest BCUT2D eigenvalue weighted by Crippen LogP contribution is 2.18. The number of nitrogens with one attached hydrogen (secondary N) is 1. The summed E-state index contributed by atoms with van der Waals surface area (Å²) in [5.74, 6) is 0. The Morgan fingerprint density at radius 2 is 1.82 bits per heavy atom. The van der Waals surface area contributed by atoms with Gasteiger partial charge in [-0.1, -0.05) is 0 Å². The summed E-state index contributed by atoms with van der Waals surface area (Å²) in [6, 6.07) is 0. The van der Waals surface area contributed by atoms with E-state index >= 15 is 0 Å². The normalized spacial score (nSPS) is 24.9. The lowest BCUT2D eigenvalue weighted by Gasteiger charge is -2.42. The van der Waals surface area contributed by atoms with Crippen LogP contribution in [0, 0.1) is 0 Å². The molecule has 0 aromatic heterocycles. The van der Waals surface area contributed by atoms with E-state index < -0.39 is 0 Å². The molecule has 0 aliphatic carbocycles. The van der Waals surface area contributed by atoms with Crippen molar-refractivity contribution in [3.63, 3.8) is 0 Å². The number of piperazine rings is 1. The Hall–Kier alpha value is -0.200. The molecule has 0 bridgehead atoms. The fourth-order valence-electron chi connectivity index (χ4n) is 2.02. The van der Waals surface area contributed by atoms with Crippen LogP contribution in [0.2, 0.25) is 0 Å². The summed E-state index contributed by atoms with van der Waals surface area (Å²) in [4.78, 5) is 8.08. The minimum Gasteiger partial charge on any atom is -0.360 e. The van der Waals surface area contributed by atoms with E-state index in [1.807, 2.05) is 5.06 Å². The van der Waals surface area contributed by atoms with Gasteiger partial charge in [-0.3, -0.25) is 9.74 Å². The first-order valence-corrected chi connectivity index (χ1v) is 6.52. The summed E-state index contributed by atoms with van der Waals surface area (Å²) in [5.41, 5.74) is -0.0937. The number of hydroxylamine groups is 2. The molecule has 2 fully saturated rings. The van der Waals surface area contributed by atoms with Gasteiger partial charge in [0.1, 0.15) is 0 Å². The topological polar surface area (TPSA) is 37.0 Å². The van der Waals surface area contributed by atoms with Crippen molar-refractivity contribution in [2.45, 2.75) is 32.5 Å². The first-order valence-electron chi connectivity index (χ1n) is 6.52. The van der Waals surface area contributed by atoms with Crippen LogP contribution in [0.4, 0.5) is 0 Å². The second kappa shape index (κ2) is 5.63. The lowest BCUT2D eigenvalue weighted by Crippen LogP contribution is -2.55. The maximum absolute atomic E-state index is 5.84. The lowest BCUT2D eigenvalue weighted by molar-refractivity contribution is -0.294. The molecule has 0 amide bonds. The molecule has 0 aromatic carbocycles. The van der Waals surface area contributed by atoms with Gasteiger partial charge in [0, 0.05) is 26.2 Å². The summed E-state index contributed by atoms with van der Waals surface area (Å²) >= 11 is 0. The summed E-state index contributed by atoms with van der Waals surface area (Å²) in [6.07, 6.45) is 0.340. The minimum absolute atomic E-state index is 0.0937. The molecule has 100 valence electrons. The third-order valence-electron chi connectivity index (χ3n) is 2.92. The molecule has 2 rings (SSSR count). The van der Waals surface area contributed by atoms with Gasteiger partial charge in [-0.2, -0.15) is 5.06 Å². The first-order chi connectivity index (χ1) is 8.03. The van der Waals surface area contributed by atoms with Gasteiger partial charge in [0.25, 0.3) is 0 Å². The Labute approximate surface area is 104 Å². The number of rotatable bonds is 4. The Morgan fingerprint density at radius 1 is 1.18 bits per heavy atom. The van der Waals surface area contributed by atoms with Crippen LogP contribution in [0.25, 0.3) is 0 Å². The lowest BCUT2D eigenvalue weighted by atomic mass is 10.2. The van der Waals surface area contributed by atoms with Gasteiger partial charge in [-0.05, 0) is 20.8 Å². The van der Waals surface area contributed by atoms with Crippen LogP contribution in [-0.4, -0.2) is 67.7 Å². The van der Waals surface area contributed by atoms with Crippen molar-refractivity contribution in [1.82, 2.24) is 15.3 Å². The van der Waals surface area contributed by atoms with E-state index in [2.05, 4.69) is 31.0 Å². The molecule has 1 N–H and O–H groups in total. The van der Waals surface area contributed by atoms with Gasteiger partial charge in [0.2, 0.25) is 0 Å². The zero-order valence-electron chi connectivity index (χ0n) is 11.2. The number of nitrogens with zero attached hydrogens (tertiary/aromatic N) is 2. The van der Waals surface area contributed by atoms with Crippen LogP contribution < -0.4 is 5.32 Å². The number of hydrogen-bond donors (Lipinski definition) is 1. The predicted octanol–water partition coefficient (Wildman–Crippen LogP) is 0.280. The van der Waals surface area contributed by atoms with Crippen LogP contribution in [0.1, 0.15) is 20.8 Å². The molecular formula is C12H25N3O2. The Bertz CT molecular complexity index is 230. The van der Waals surface area contributed by atoms with E-state index in [1.165, 1.54) is 0 Å². The molecule has 0 aromatic rings. The first kappa shape index (κ1) is 13.2. The summed E-state index contributed by atoms with van der Waals surface area (Å²) in [5, 5.41) is 5.33.